The molecule has 0 atom stereocenters. The van der Waals surface area contributed by atoms with Crippen LogP contribution in [-0.4, -0.2) is 4.98 Å². The molecule has 9 aromatic rings. The molecule has 2 nitrogen and oxygen atoms in total. The minimum absolute atomic E-state index is 1.08. The summed E-state index contributed by atoms with van der Waals surface area (Å²) < 4.78 is 2.49. The van der Waals surface area contributed by atoms with Crippen LogP contribution in [0.4, 0.5) is 17.1 Å². The molecule has 2 aromatic heterocycles. The number of anilines is 3. The van der Waals surface area contributed by atoms with Crippen molar-refractivity contribution in [2.75, 3.05) is 4.90 Å². The van der Waals surface area contributed by atoms with Crippen LogP contribution < -0.4 is 4.90 Å². The maximum atomic E-state index is 4.68. The van der Waals surface area contributed by atoms with Crippen molar-refractivity contribution in [3.05, 3.63) is 182 Å². The van der Waals surface area contributed by atoms with Gasteiger partial charge in [0, 0.05) is 33.3 Å². The Labute approximate surface area is 283 Å². The van der Waals surface area contributed by atoms with E-state index in [2.05, 4.69) is 180 Å². The highest BCUT2D eigenvalue weighted by Crippen LogP contribution is 2.41. The van der Waals surface area contributed by atoms with Gasteiger partial charge in [0.1, 0.15) is 0 Å². The van der Waals surface area contributed by atoms with E-state index in [1.807, 2.05) is 23.6 Å². The van der Waals surface area contributed by atoms with Crippen molar-refractivity contribution in [1.29, 1.82) is 0 Å². The molecule has 0 saturated carbocycles. The number of thiophene rings is 1. The molecule has 0 aliphatic carbocycles. The predicted molar refractivity (Wildman–Crippen MR) is 206 cm³/mol. The topological polar surface area (TPSA) is 16.1 Å². The molecule has 0 saturated heterocycles. The second kappa shape index (κ2) is 12.0. The van der Waals surface area contributed by atoms with Gasteiger partial charge < -0.3 is 4.90 Å². The van der Waals surface area contributed by atoms with Gasteiger partial charge in [0.2, 0.25) is 0 Å². The molecule has 226 valence electrons. The van der Waals surface area contributed by atoms with Crippen LogP contribution in [0.5, 0.6) is 0 Å². The first-order chi connectivity index (χ1) is 23.8. The van der Waals surface area contributed by atoms with E-state index in [0.717, 1.165) is 22.6 Å². The van der Waals surface area contributed by atoms with Crippen molar-refractivity contribution in [2.45, 2.75) is 0 Å². The summed E-state index contributed by atoms with van der Waals surface area (Å²) in [5.74, 6) is 0. The molecule has 9 rings (SSSR count). The minimum Gasteiger partial charge on any atom is -0.311 e. The number of fused-ring (bicyclic) bond motifs is 4. The summed E-state index contributed by atoms with van der Waals surface area (Å²) >= 11 is 1.81. The summed E-state index contributed by atoms with van der Waals surface area (Å²) in [4.78, 5) is 7.02. The third-order valence-corrected chi connectivity index (χ3v) is 10.3. The van der Waals surface area contributed by atoms with Crippen LogP contribution in [0.25, 0.3) is 64.5 Å². The van der Waals surface area contributed by atoms with E-state index in [4.69, 9.17) is 0 Å². The van der Waals surface area contributed by atoms with E-state index in [9.17, 15) is 0 Å². The fourth-order valence-corrected chi connectivity index (χ4v) is 7.98. The molecule has 3 heteroatoms. The molecule has 48 heavy (non-hydrogen) atoms. The summed E-state index contributed by atoms with van der Waals surface area (Å²) in [7, 11) is 0. The van der Waals surface area contributed by atoms with Crippen LogP contribution >= 0.6 is 11.3 Å². The quantitative estimate of drug-likeness (QED) is 0.182. The van der Waals surface area contributed by atoms with Crippen LogP contribution in [0, 0.1) is 0 Å². The van der Waals surface area contributed by atoms with E-state index in [0.29, 0.717) is 0 Å². The van der Waals surface area contributed by atoms with Crippen molar-refractivity contribution in [2.24, 2.45) is 0 Å². The van der Waals surface area contributed by atoms with Crippen LogP contribution in [-0.2, 0) is 0 Å². The van der Waals surface area contributed by atoms with Gasteiger partial charge in [0.15, 0.2) is 0 Å². The number of hydrogen-bond donors (Lipinski definition) is 0. The Morgan fingerprint density at radius 3 is 1.67 bits per heavy atom. The Morgan fingerprint density at radius 1 is 0.396 bits per heavy atom. The fraction of sp³-hybridized carbons (Fsp3) is 0. The molecule has 0 aliphatic rings. The summed E-state index contributed by atoms with van der Waals surface area (Å²) in [6, 6.07) is 63.2. The molecule has 2 heterocycles. The van der Waals surface area contributed by atoms with Gasteiger partial charge in [0.05, 0.1) is 10.2 Å². The van der Waals surface area contributed by atoms with Crippen molar-refractivity contribution in [1.82, 2.24) is 4.98 Å². The summed E-state index contributed by atoms with van der Waals surface area (Å²) in [5.41, 5.74) is 11.7. The Bertz CT molecular complexity index is 2530. The number of hydrogen-bond acceptors (Lipinski definition) is 3. The van der Waals surface area contributed by atoms with Gasteiger partial charge in [-0.15, -0.1) is 11.3 Å². The monoisotopic (exact) mass is 630 g/mol. The molecular formula is C45H30N2S. The van der Waals surface area contributed by atoms with Gasteiger partial charge in [-0.1, -0.05) is 127 Å². The number of aromatic nitrogens is 1. The number of pyridine rings is 1. The minimum atomic E-state index is 1.08. The van der Waals surface area contributed by atoms with Crippen LogP contribution in [0.1, 0.15) is 0 Å². The second-order valence-electron chi connectivity index (χ2n) is 12.0. The molecule has 0 spiro atoms. The lowest BCUT2D eigenvalue weighted by atomic mass is 9.98. The van der Waals surface area contributed by atoms with Crippen molar-refractivity contribution in [3.8, 4) is 33.4 Å². The van der Waals surface area contributed by atoms with Crippen molar-refractivity contribution < 1.29 is 0 Å². The first-order valence-electron chi connectivity index (χ1n) is 16.2. The summed E-state index contributed by atoms with van der Waals surface area (Å²) in [6.45, 7) is 0. The zero-order valence-electron chi connectivity index (χ0n) is 26.1. The highest BCUT2D eigenvalue weighted by atomic mass is 32.1. The fourth-order valence-electron chi connectivity index (χ4n) is 6.78. The normalized spacial score (nSPS) is 11.3. The largest absolute Gasteiger partial charge is 0.311 e. The zero-order valence-corrected chi connectivity index (χ0v) is 26.9. The highest BCUT2D eigenvalue weighted by Gasteiger charge is 2.16. The smallest absolute Gasteiger partial charge is 0.0888 e. The zero-order chi connectivity index (χ0) is 31.9. The molecule has 0 bridgehead atoms. The average Bonchev–Trinajstić information content (AvgIpc) is 3.55. The lowest BCUT2D eigenvalue weighted by Crippen LogP contribution is -2.09. The molecule has 0 amide bonds. The maximum Gasteiger partial charge on any atom is 0.0888 e. The molecule has 0 fully saturated rings. The molecule has 0 unspecified atom stereocenters. The van der Waals surface area contributed by atoms with Gasteiger partial charge in [0.25, 0.3) is 0 Å². The van der Waals surface area contributed by atoms with Crippen LogP contribution in [0.15, 0.2) is 182 Å². The van der Waals surface area contributed by atoms with E-state index >= 15 is 0 Å². The van der Waals surface area contributed by atoms with Crippen molar-refractivity contribution in [3.63, 3.8) is 0 Å². The average molecular weight is 631 g/mol. The highest BCUT2D eigenvalue weighted by molar-refractivity contribution is 7.26. The summed E-state index contributed by atoms with van der Waals surface area (Å²) in [6.07, 6.45) is 1.88. The first kappa shape index (κ1) is 28.2. The first-order valence-corrected chi connectivity index (χ1v) is 17.0. The Hall–Kier alpha value is -6.03. The third kappa shape index (κ3) is 5.02. The lowest BCUT2D eigenvalue weighted by Gasteiger charge is -2.26. The Morgan fingerprint density at radius 2 is 0.938 bits per heavy atom. The van der Waals surface area contributed by atoms with Gasteiger partial charge in [-0.2, -0.15) is 0 Å². The van der Waals surface area contributed by atoms with Gasteiger partial charge in [-0.25, -0.2) is 0 Å². The van der Waals surface area contributed by atoms with E-state index in [-0.39, 0.29) is 0 Å². The molecular weight excluding hydrogens is 601 g/mol. The number of benzene rings is 7. The molecule has 0 radical (unpaired) electrons. The summed E-state index contributed by atoms with van der Waals surface area (Å²) in [5, 5.41) is 3.73. The SMILES string of the molecule is c1ccc(-c2ccc(N(c3ccc(-c4cccc5ccccc45)cc3)c3ccc(-c4cccc5c4sc4cccnc45)cc3)cc2)cc1. The third-order valence-electron chi connectivity index (χ3n) is 9.15. The van der Waals surface area contributed by atoms with E-state index in [1.54, 1.807) is 0 Å². The predicted octanol–water partition coefficient (Wildman–Crippen LogP) is 13.1. The lowest BCUT2D eigenvalue weighted by molar-refractivity contribution is 1.28. The van der Waals surface area contributed by atoms with Gasteiger partial charge in [-0.3, -0.25) is 4.98 Å². The standard InChI is InChI=1S/C45H30N2S/c1-2-9-31(10-3-1)32-18-24-36(25-19-32)47(37-26-20-34(21-27-37)40-14-6-12-33-11-4-5-13-39(33)40)38-28-22-35(23-29-38)41-15-7-16-42-44-43(48-45(41)42)17-8-30-46-44/h1-30H. The second-order valence-corrected chi connectivity index (χ2v) is 13.1. The number of rotatable bonds is 6. The Kier molecular flexibility index (Phi) is 7.03. The molecule has 0 aliphatic heterocycles. The van der Waals surface area contributed by atoms with E-state index < -0.39 is 0 Å². The van der Waals surface area contributed by atoms with E-state index in [1.165, 1.54) is 58.9 Å². The van der Waals surface area contributed by atoms with Gasteiger partial charge in [-0.05, 0) is 92.7 Å². The molecule has 7 aromatic carbocycles. The van der Waals surface area contributed by atoms with Crippen LogP contribution in [0.3, 0.4) is 0 Å². The van der Waals surface area contributed by atoms with Crippen LogP contribution in [0.2, 0.25) is 0 Å². The maximum absolute atomic E-state index is 4.68. The Balaban J connectivity index is 1.12. The number of nitrogens with zero attached hydrogens (tertiary/aromatic N) is 2. The van der Waals surface area contributed by atoms with Crippen molar-refractivity contribution >= 4 is 59.5 Å². The molecule has 0 N–H and O–H groups in total. The van der Waals surface area contributed by atoms with Gasteiger partial charge >= 0.3 is 0 Å².